The Balaban J connectivity index is 2.38. The number of aromatic carboxylic acids is 1. The average molecular weight is 209 g/mol. The van der Waals surface area contributed by atoms with Gasteiger partial charge in [-0.2, -0.15) is 0 Å². The highest BCUT2D eigenvalue weighted by molar-refractivity contribution is 7.13. The zero-order valence-corrected chi connectivity index (χ0v) is 8.17. The first-order valence-corrected chi connectivity index (χ1v) is 4.80. The van der Waals surface area contributed by atoms with Gasteiger partial charge in [0.1, 0.15) is 5.69 Å². The second-order valence-electron chi connectivity index (χ2n) is 2.87. The van der Waals surface area contributed by atoms with Crippen molar-refractivity contribution in [1.29, 1.82) is 0 Å². The van der Waals surface area contributed by atoms with E-state index in [0.717, 1.165) is 10.4 Å². The Hall–Kier alpha value is -1.62. The molecule has 0 spiro atoms. The summed E-state index contributed by atoms with van der Waals surface area (Å²) in [6.07, 6.45) is 0. The van der Waals surface area contributed by atoms with Crippen LogP contribution in [-0.2, 0) is 0 Å². The summed E-state index contributed by atoms with van der Waals surface area (Å²) in [6.45, 7) is 1.97. The quantitative estimate of drug-likeness (QED) is 0.824. The lowest BCUT2D eigenvalue weighted by atomic mass is 10.3. The topological polar surface area (TPSA) is 63.3 Å². The van der Waals surface area contributed by atoms with Crippen LogP contribution in [0.5, 0.6) is 0 Å². The Morgan fingerprint density at radius 2 is 2.36 bits per heavy atom. The van der Waals surface area contributed by atoms with E-state index in [0.29, 0.717) is 5.69 Å². The third-order valence-corrected chi connectivity index (χ3v) is 2.77. The van der Waals surface area contributed by atoms with Crippen LogP contribution in [0.2, 0.25) is 0 Å². The summed E-state index contributed by atoms with van der Waals surface area (Å²) in [7, 11) is 0. The van der Waals surface area contributed by atoms with Crippen LogP contribution in [-0.4, -0.2) is 16.2 Å². The molecule has 0 atom stereocenters. The monoisotopic (exact) mass is 209 g/mol. The maximum absolute atomic E-state index is 10.5. The van der Waals surface area contributed by atoms with Gasteiger partial charge >= 0.3 is 5.97 Å². The molecular weight excluding hydrogens is 202 g/mol. The third kappa shape index (κ3) is 1.54. The van der Waals surface area contributed by atoms with Crippen LogP contribution < -0.4 is 0 Å². The molecule has 0 aliphatic rings. The molecule has 2 rings (SSSR count). The molecule has 4 nitrogen and oxygen atoms in total. The molecule has 0 fully saturated rings. The average Bonchev–Trinajstić information content (AvgIpc) is 2.70. The molecule has 0 unspecified atom stereocenters. The number of aryl methyl sites for hydroxylation is 1. The summed E-state index contributed by atoms with van der Waals surface area (Å²) in [5.41, 5.74) is 1.70. The van der Waals surface area contributed by atoms with Gasteiger partial charge in [-0.15, -0.1) is 11.3 Å². The molecule has 0 bridgehead atoms. The molecule has 0 radical (unpaired) electrons. The molecular formula is C9H7NO3S. The summed E-state index contributed by atoms with van der Waals surface area (Å²) in [5, 5.41) is 14.3. The number of nitrogens with zero attached hydrogens (tertiary/aromatic N) is 1. The Morgan fingerprint density at radius 1 is 1.57 bits per heavy atom. The fourth-order valence-corrected chi connectivity index (χ4v) is 1.91. The van der Waals surface area contributed by atoms with Crippen molar-refractivity contribution >= 4 is 17.3 Å². The molecule has 0 saturated carbocycles. The molecule has 1 N–H and O–H groups in total. The minimum atomic E-state index is -1.10. The van der Waals surface area contributed by atoms with E-state index >= 15 is 0 Å². The summed E-state index contributed by atoms with van der Waals surface area (Å²) in [4.78, 5) is 11.4. The van der Waals surface area contributed by atoms with Gasteiger partial charge in [0.25, 0.3) is 0 Å². The molecule has 0 aromatic carbocycles. The number of carbonyl (C=O) groups is 1. The zero-order chi connectivity index (χ0) is 10.1. The van der Waals surface area contributed by atoms with E-state index in [2.05, 4.69) is 9.68 Å². The van der Waals surface area contributed by atoms with Crippen molar-refractivity contribution in [2.24, 2.45) is 0 Å². The minimum Gasteiger partial charge on any atom is -0.475 e. The first kappa shape index (κ1) is 8.96. The molecule has 0 amide bonds. The fourth-order valence-electron chi connectivity index (χ4n) is 1.06. The van der Waals surface area contributed by atoms with E-state index in [-0.39, 0.29) is 5.76 Å². The van der Waals surface area contributed by atoms with Crippen molar-refractivity contribution in [3.63, 3.8) is 0 Å². The van der Waals surface area contributed by atoms with Crippen molar-refractivity contribution < 1.29 is 14.4 Å². The number of hydrogen-bond acceptors (Lipinski definition) is 4. The Morgan fingerprint density at radius 3 is 2.86 bits per heavy atom. The highest BCUT2D eigenvalue weighted by Gasteiger charge is 2.12. The van der Waals surface area contributed by atoms with Crippen LogP contribution in [0.1, 0.15) is 16.1 Å². The smallest absolute Gasteiger partial charge is 0.374 e. The minimum absolute atomic E-state index is 0.133. The van der Waals surface area contributed by atoms with E-state index in [1.807, 2.05) is 18.4 Å². The third-order valence-electron chi connectivity index (χ3n) is 1.70. The molecule has 2 aromatic rings. The SMILES string of the molecule is Cc1csc(-c2cc(C(=O)O)on2)c1. The molecule has 2 heterocycles. The van der Waals surface area contributed by atoms with Crippen LogP contribution in [0.15, 0.2) is 22.0 Å². The van der Waals surface area contributed by atoms with Crippen LogP contribution in [0.4, 0.5) is 0 Å². The highest BCUT2D eigenvalue weighted by atomic mass is 32.1. The van der Waals surface area contributed by atoms with Crippen LogP contribution >= 0.6 is 11.3 Å². The zero-order valence-electron chi connectivity index (χ0n) is 7.35. The Kier molecular flexibility index (Phi) is 2.09. The number of carboxylic acid groups (broad SMARTS) is 1. The highest BCUT2D eigenvalue weighted by Crippen LogP contribution is 2.26. The Bertz CT molecular complexity index is 472. The number of carboxylic acids is 1. The van der Waals surface area contributed by atoms with E-state index in [1.54, 1.807) is 0 Å². The number of thiophene rings is 1. The summed E-state index contributed by atoms with van der Waals surface area (Å²) in [6, 6.07) is 3.36. The van der Waals surface area contributed by atoms with E-state index in [4.69, 9.17) is 5.11 Å². The Labute approximate surface area is 83.8 Å². The standard InChI is InChI=1S/C9H7NO3S/c1-5-2-8(14-4-5)6-3-7(9(11)12)13-10-6/h2-4H,1H3,(H,11,12). The van der Waals surface area contributed by atoms with E-state index < -0.39 is 5.97 Å². The van der Waals surface area contributed by atoms with Gasteiger partial charge in [0.2, 0.25) is 5.76 Å². The lowest BCUT2D eigenvalue weighted by Crippen LogP contribution is -1.91. The van der Waals surface area contributed by atoms with Gasteiger partial charge in [-0.1, -0.05) is 5.16 Å². The lowest BCUT2D eigenvalue weighted by molar-refractivity contribution is 0.0652. The van der Waals surface area contributed by atoms with Crippen LogP contribution in [0, 0.1) is 6.92 Å². The van der Waals surface area contributed by atoms with Crippen molar-refractivity contribution in [2.75, 3.05) is 0 Å². The largest absolute Gasteiger partial charge is 0.475 e. The summed E-state index contributed by atoms with van der Waals surface area (Å²) >= 11 is 1.51. The fraction of sp³-hybridized carbons (Fsp3) is 0.111. The molecule has 72 valence electrons. The normalized spacial score (nSPS) is 10.4. The van der Waals surface area contributed by atoms with Gasteiger partial charge in [0, 0.05) is 6.07 Å². The van der Waals surface area contributed by atoms with E-state index in [9.17, 15) is 4.79 Å². The second-order valence-corrected chi connectivity index (χ2v) is 3.78. The number of rotatable bonds is 2. The number of hydrogen-bond donors (Lipinski definition) is 1. The molecule has 0 aliphatic heterocycles. The molecule has 5 heteroatoms. The predicted octanol–water partition coefficient (Wildman–Crippen LogP) is 2.41. The van der Waals surface area contributed by atoms with Crippen molar-refractivity contribution in [2.45, 2.75) is 6.92 Å². The van der Waals surface area contributed by atoms with Gasteiger partial charge < -0.3 is 9.63 Å². The molecule has 0 aliphatic carbocycles. The predicted molar refractivity (Wildman–Crippen MR) is 51.5 cm³/mol. The first-order valence-electron chi connectivity index (χ1n) is 3.92. The lowest BCUT2D eigenvalue weighted by Gasteiger charge is -1.83. The van der Waals surface area contributed by atoms with Gasteiger partial charge in [0.15, 0.2) is 0 Å². The van der Waals surface area contributed by atoms with Gasteiger partial charge in [-0.3, -0.25) is 0 Å². The van der Waals surface area contributed by atoms with Crippen LogP contribution in [0.3, 0.4) is 0 Å². The van der Waals surface area contributed by atoms with Gasteiger partial charge in [-0.05, 0) is 23.9 Å². The van der Waals surface area contributed by atoms with Gasteiger partial charge in [0.05, 0.1) is 4.88 Å². The van der Waals surface area contributed by atoms with Gasteiger partial charge in [-0.25, -0.2) is 4.79 Å². The summed E-state index contributed by atoms with van der Waals surface area (Å²) < 4.78 is 4.65. The van der Waals surface area contributed by atoms with Crippen molar-refractivity contribution in [3.8, 4) is 10.6 Å². The molecule has 0 saturated heterocycles. The molecule has 2 aromatic heterocycles. The maximum atomic E-state index is 10.5. The van der Waals surface area contributed by atoms with E-state index in [1.165, 1.54) is 17.4 Å². The number of aromatic nitrogens is 1. The van der Waals surface area contributed by atoms with Crippen molar-refractivity contribution in [1.82, 2.24) is 5.16 Å². The van der Waals surface area contributed by atoms with Crippen molar-refractivity contribution in [3.05, 3.63) is 28.8 Å². The maximum Gasteiger partial charge on any atom is 0.374 e. The molecule has 14 heavy (non-hydrogen) atoms. The summed E-state index contributed by atoms with van der Waals surface area (Å²) in [5.74, 6) is -1.23. The first-order chi connectivity index (χ1) is 6.66. The second kappa shape index (κ2) is 3.26. The van der Waals surface area contributed by atoms with Crippen LogP contribution in [0.25, 0.3) is 10.6 Å².